The number of hydrogen-bond donors (Lipinski definition) is 1. The topological polar surface area (TPSA) is 126 Å². The number of hydrogen-bond acceptors (Lipinski definition) is 8. The molecule has 3 heterocycles. The standard InChI is InChI=1S/C24H23F3N6O4/c1-3-32-21-16(12-28)13-29-22(19(21)11-20(23(32)34)31-4-6-37-7-5-31)30-14(2)15-8-17(24(25,26)27)10-18(9-15)33(35)36/h8-11,13-14H,3-7H2,1-2H3,(H,29,30)/t14-/m1/s1. The number of ether oxygens (including phenoxy) is 1. The summed E-state index contributed by atoms with van der Waals surface area (Å²) in [7, 11) is 0. The smallest absolute Gasteiger partial charge is 0.378 e. The van der Waals surface area contributed by atoms with E-state index in [0.29, 0.717) is 49.0 Å². The molecule has 1 fully saturated rings. The first-order chi connectivity index (χ1) is 17.5. The summed E-state index contributed by atoms with van der Waals surface area (Å²) in [5.74, 6) is 0.221. The number of pyridine rings is 2. The first kappa shape index (κ1) is 25.9. The summed E-state index contributed by atoms with van der Waals surface area (Å²) >= 11 is 0. The molecule has 0 amide bonds. The number of anilines is 2. The normalized spacial score (nSPS) is 14.9. The summed E-state index contributed by atoms with van der Waals surface area (Å²) in [6.07, 6.45) is -3.49. The van der Waals surface area contributed by atoms with Gasteiger partial charge >= 0.3 is 6.18 Å². The van der Waals surface area contributed by atoms with E-state index < -0.39 is 28.4 Å². The second-order valence-electron chi connectivity index (χ2n) is 8.51. The summed E-state index contributed by atoms with van der Waals surface area (Å²) in [5, 5.41) is 24.4. The van der Waals surface area contributed by atoms with Crippen molar-refractivity contribution in [3.63, 3.8) is 0 Å². The fourth-order valence-electron chi connectivity index (χ4n) is 4.35. The van der Waals surface area contributed by atoms with Crippen LogP contribution in [0, 0.1) is 21.4 Å². The van der Waals surface area contributed by atoms with Crippen LogP contribution >= 0.6 is 0 Å². The number of aromatic nitrogens is 2. The molecule has 10 nitrogen and oxygen atoms in total. The Morgan fingerprint density at radius 2 is 1.97 bits per heavy atom. The second-order valence-corrected chi connectivity index (χ2v) is 8.51. The van der Waals surface area contributed by atoms with Crippen LogP contribution in [0.5, 0.6) is 0 Å². The maximum absolute atomic E-state index is 13.4. The minimum absolute atomic E-state index is 0.0260. The van der Waals surface area contributed by atoms with E-state index in [4.69, 9.17) is 4.74 Å². The van der Waals surface area contributed by atoms with E-state index in [2.05, 4.69) is 10.3 Å². The zero-order chi connectivity index (χ0) is 26.9. The molecule has 0 bridgehead atoms. The fourth-order valence-corrected chi connectivity index (χ4v) is 4.35. The summed E-state index contributed by atoms with van der Waals surface area (Å²) in [4.78, 5) is 29.9. The van der Waals surface area contributed by atoms with Crippen molar-refractivity contribution in [1.29, 1.82) is 5.26 Å². The Hall–Kier alpha value is -4.18. The molecular weight excluding hydrogens is 493 g/mol. The number of nitrogens with zero attached hydrogens (tertiary/aromatic N) is 5. The van der Waals surface area contributed by atoms with Crippen molar-refractivity contribution < 1.29 is 22.8 Å². The number of morpholine rings is 1. The molecule has 13 heteroatoms. The van der Waals surface area contributed by atoms with E-state index in [-0.39, 0.29) is 29.0 Å². The molecule has 0 spiro atoms. The van der Waals surface area contributed by atoms with Gasteiger partial charge in [-0.1, -0.05) is 0 Å². The number of non-ortho nitro benzene ring substituents is 1. The van der Waals surface area contributed by atoms with E-state index in [9.17, 15) is 33.3 Å². The number of nitrogens with one attached hydrogen (secondary N) is 1. The Kier molecular flexibility index (Phi) is 7.04. The van der Waals surface area contributed by atoms with Gasteiger partial charge in [0, 0.05) is 43.4 Å². The van der Waals surface area contributed by atoms with Gasteiger partial charge < -0.3 is 19.5 Å². The summed E-state index contributed by atoms with van der Waals surface area (Å²) in [6, 6.07) is 5.23. The fraction of sp³-hybridized carbons (Fsp3) is 0.375. The van der Waals surface area contributed by atoms with Crippen molar-refractivity contribution in [1.82, 2.24) is 9.55 Å². The maximum atomic E-state index is 13.4. The lowest BCUT2D eigenvalue weighted by Gasteiger charge is -2.29. The molecule has 1 atom stereocenters. The Morgan fingerprint density at radius 1 is 1.27 bits per heavy atom. The molecule has 2 aromatic heterocycles. The monoisotopic (exact) mass is 516 g/mol. The van der Waals surface area contributed by atoms with Gasteiger partial charge in [-0.2, -0.15) is 18.4 Å². The van der Waals surface area contributed by atoms with Crippen molar-refractivity contribution in [2.24, 2.45) is 0 Å². The molecule has 0 unspecified atom stereocenters. The highest BCUT2D eigenvalue weighted by molar-refractivity contribution is 5.95. The van der Waals surface area contributed by atoms with Gasteiger partial charge in [-0.05, 0) is 31.5 Å². The van der Waals surface area contributed by atoms with Gasteiger partial charge in [0.05, 0.1) is 40.8 Å². The Morgan fingerprint density at radius 3 is 2.57 bits per heavy atom. The third-order valence-electron chi connectivity index (χ3n) is 6.22. The van der Waals surface area contributed by atoms with Crippen LogP contribution in [0.15, 0.2) is 35.3 Å². The Balaban J connectivity index is 1.86. The predicted molar refractivity (Wildman–Crippen MR) is 130 cm³/mol. The van der Waals surface area contributed by atoms with Crippen molar-refractivity contribution in [2.75, 3.05) is 36.5 Å². The highest BCUT2D eigenvalue weighted by Gasteiger charge is 2.33. The molecule has 1 N–H and O–H groups in total. The molecular formula is C24H23F3N6O4. The summed E-state index contributed by atoms with van der Waals surface area (Å²) in [5.41, 5.74) is -1.20. The molecule has 1 aliphatic rings. The number of nitro benzene ring substituents is 1. The lowest BCUT2D eigenvalue weighted by atomic mass is 10.0. The molecule has 1 aliphatic heterocycles. The Labute approximate surface area is 209 Å². The molecule has 37 heavy (non-hydrogen) atoms. The lowest BCUT2D eigenvalue weighted by molar-refractivity contribution is -0.385. The van der Waals surface area contributed by atoms with Crippen LogP contribution in [0.4, 0.5) is 30.4 Å². The van der Waals surface area contributed by atoms with Crippen molar-refractivity contribution in [2.45, 2.75) is 32.6 Å². The molecule has 0 saturated carbocycles. The van der Waals surface area contributed by atoms with Crippen LogP contribution in [0.3, 0.4) is 0 Å². The second kappa shape index (κ2) is 10.1. The van der Waals surface area contributed by atoms with Crippen molar-refractivity contribution in [3.05, 3.63) is 67.6 Å². The van der Waals surface area contributed by atoms with Gasteiger partial charge in [0.2, 0.25) is 0 Å². The zero-order valence-corrected chi connectivity index (χ0v) is 20.0. The van der Waals surface area contributed by atoms with Gasteiger partial charge in [-0.3, -0.25) is 14.9 Å². The summed E-state index contributed by atoms with van der Waals surface area (Å²) in [6.45, 7) is 5.44. The quantitative estimate of drug-likeness (QED) is 0.381. The van der Waals surface area contributed by atoms with Gasteiger partial charge in [-0.15, -0.1) is 0 Å². The third-order valence-corrected chi connectivity index (χ3v) is 6.22. The average molecular weight is 516 g/mol. The first-order valence-electron chi connectivity index (χ1n) is 11.5. The molecule has 0 aliphatic carbocycles. The number of rotatable bonds is 6. The number of nitriles is 1. The van der Waals surface area contributed by atoms with Gasteiger partial charge in [0.1, 0.15) is 17.6 Å². The SMILES string of the molecule is CCn1c(=O)c(N2CCOCC2)cc2c(N[C@H](C)c3cc([N+](=O)[O-])cc(C(F)(F)F)c3)ncc(C#N)c21. The number of benzene rings is 1. The van der Waals surface area contributed by atoms with Crippen LogP contribution in [0.2, 0.25) is 0 Å². The summed E-state index contributed by atoms with van der Waals surface area (Å²) < 4.78 is 47.1. The molecule has 194 valence electrons. The molecule has 4 rings (SSSR count). The van der Waals surface area contributed by atoms with Gasteiger partial charge in [0.15, 0.2) is 0 Å². The minimum atomic E-state index is -4.77. The molecule has 1 saturated heterocycles. The third kappa shape index (κ3) is 5.05. The highest BCUT2D eigenvalue weighted by atomic mass is 19.4. The predicted octanol–water partition coefficient (Wildman–Crippen LogP) is 4.22. The van der Waals surface area contributed by atoms with E-state index >= 15 is 0 Å². The maximum Gasteiger partial charge on any atom is 0.416 e. The van der Waals surface area contributed by atoms with Gasteiger partial charge in [0.25, 0.3) is 11.2 Å². The van der Waals surface area contributed by atoms with E-state index in [1.54, 1.807) is 19.9 Å². The lowest BCUT2D eigenvalue weighted by Crippen LogP contribution is -2.40. The van der Waals surface area contributed by atoms with Gasteiger partial charge in [-0.25, -0.2) is 4.98 Å². The van der Waals surface area contributed by atoms with Crippen LogP contribution in [0.1, 0.15) is 36.6 Å². The Bertz CT molecular complexity index is 1460. The number of aryl methyl sites for hydroxylation is 1. The van der Waals surface area contributed by atoms with E-state index in [0.717, 1.165) is 12.1 Å². The van der Waals surface area contributed by atoms with Crippen LogP contribution in [-0.4, -0.2) is 40.8 Å². The minimum Gasteiger partial charge on any atom is -0.378 e. The average Bonchev–Trinajstić information content (AvgIpc) is 2.88. The molecule has 0 radical (unpaired) electrons. The highest BCUT2D eigenvalue weighted by Crippen LogP contribution is 2.35. The number of halogens is 3. The first-order valence-corrected chi connectivity index (χ1v) is 11.5. The van der Waals surface area contributed by atoms with Crippen molar-refractivity contribution >= 4 is 28.1 Å². The number of nitro groups is 1. The number of fused-ring (bicyclic) bond motifs is 1. The van der Waals surface area contributed by atoms with Crippen LogP contribution < -0.4 is 15.8 Å². The molecule has 1 aromatic carbocycles. The van der Waals surface area contributed by atoms with Crippen LogP contribution in [-0.2, 0) is 17.5 Å². The zero-order valence-electron chi connectivity index (χ0n) is 20.0. The van der Waals surface area contributed by atoms with Crippen molar-refractivity contribution in [3.8, 4) is 6.07 Å². The van der Waals surface area contributed by atoms with E-state index in [1.807, 2.05) is 11.0 Å². The largest absolute Gasteiger partial charge is 0.416 e. The molecule has 3 aromatic rings. The van der Waals surface area contributed by atoms with E-state index in [1.165, 1.54) is 10.8 Å². The number of alkyl halides is 3. The van der Waals surface area contributed by atoms with Crippen LogP contribution in [0.25, 0.3) is 10.9 Å².